The lowest BCUT2D eigenvalue weighted by Crippen LogP contribution is -2.24. The number of unbranched alkanes of at least 4 members (excludes halogenated alkanes) is 1. The van der Waals surface area contributed by atoms with Gasteiger partial charge in [0.2, 0.25) is 5.91 Å². The first-order valence-electron chi connectivity index (χ1n) is 9.36. The molecule has 1 fully saturated rings. The second-order valence-electron chi connectivity index (χ2n) is 6.57. The Bertz CT molecular complexity index is 1140. The van der Waals surface area contributed by atoms with E-state index in [1.165, 1.54) is 36.2 Å². The molecule has 0 aromatic heterocycles. The summed E-state index contributed by atoms with van der Waals surface area (Å²) in [4.78, 5) is 11.9. The Kier molecular flexibility index (Phi) is 8.31. The summed E-state index contributed by atoms with van der Waals surface area (Å²) in [7, 11) is -4.04. The molecule has 0 spiro atoms. The van der Waals surface area contributed by atoms with Gasteiger partial charge in [0, 0.05) is 8.95 Å². The number of amidine groups is 1. The summed E-state index contributed by atoms with van der Waals surface area (Å²) in [6.07, 6.45) is 4.28. The molecule has 164 valence electrons. The van der Waals surface area contributed by atoms with Gasteiger partial charge in [0.25, 0.3) is 0 Å². The maximum absolute atomic E-state index is 12.6. The van der Waals surface area contributed by atoms with Crippen LogP contribution in [-0.2, 0) is 14.9 Å². The Morgan fingerprint density at radius 3 is 2.81 bits per heavy atom. The van der Waals surface area contributed by atoms with E-state index in [2.05, 4.69) is 54.3 Å². The van der Waals surface area contributed by atoms with Gasteiger partial charge < -0.3 is 9.50 Å². The number of benzene rings is 2. The van der Waals surface area contributed by atoms with Gasteiger partial charge in [0.05, 0.1) is 11.5 Å². The van der Waals surface area contributed by atoms with Crippen LogP contribution in [0.25, 0.3) is 0 Å². The molecule has 3 rings (SSSR count). The maximum Gasteiger partial charge on any atom is 0.340 e. The predicted molar refractivity (Wildman–Crippen MR) is 130 cm³/mol. The van der Waals surface area contributed by atoms with Gasteiger partial charge in [0.1, 0.15) is 10.6 Å². The predicted octanol–water partition coefficient (Wildman–Crippen LogP) is 5.09. The largest absolute Gasteiger partial charge is 0.379 e. The fraction of sp³-hybridized carbons (Fsp3) is 0.250. The molecule has 31 heavy (non-hydrogen) atoms. The Labute approximate surface area is 202 Å². The third-order valence-electron chi connectivity index (χ3n) is 4.18. The van der Waals surface area contributed by atoms with E-state index in [4.69, 9.17) is 4.18 Å². The fourth-order valence-electron chi connectivity index (χ4n) is 2.67. The van der Waals surface area contributed by atoms with Crippen molar-refractivity contribution in [3.05, 3.63) is 57.0 Å². The van der Waals surface area contributed by atoms with Crippen molar-refractivity contribution in [2.75, 3.05) is 0 Å². The van der Waals surface area contributed by atoms with E-state index in [0.717, 1.165) is 19.3 Å². The highest BCUT2D eigenvalue weighted by molar-refractivity contribution is 9.11. The first kappa shape index (κ1) is 24.0. The molecule has 1 atom stereocenters. The molecular formula is C20H19Br2N3O4S2. The number of amides is 1. The van der Waals surface area contributed by atoms with Crippen molar-refractivity contribution < 1.29 is 17.4 Å². The van der Waals surface area contributed by atoms with E-state index in [-0.39, 0.29) is 21.8 Å². The Hall–Kier alpha value is -1.69. The minimum atomic E-state index is -4.04. The van der Waals surface area contributed by atoms with Gasteiger partial charge in [-0.15, -0.1) is 5.10 Å². The number of hydrogen-bond donors (Lipinski definition) is 1. The van der Waals surface area contributed by atoms with E-state index in [1.54, 1.807) is 24.3 Å². The minimum Gasteiger partial charge on any atom is -0.379 e. The van der Waals surface area contributed by atoms with Crippen LogP contribution in [-0.4, -0.2) is 31.0 Å². The molecule has 1 amide bonds. The molecular weight excluding hydrogens is 570 g/mol. The molecule has 1 N–H and O–H groups in total. The summed E-state index contributed by atoms with van der Waals surface area (Å²) in [5.41, 5.74) is 0.599. The highest BCUT2D eigenvalue weighted by Gasteiger charge is 2.29. The van der Waals surface area contributed by atoms with Gasteiger partial charge in [-0.2, -0.15) is 13.5 Å². The first-order valence-corrected chi connectivity index (χ1v) is 13.2. The standard InChI is InChI=1S/C20H19Br2N3O4S2/c1-2-3-7-17-19(26)24-20(30-17)25-23-12-13-5-4-6-15(10-13)29-31(27,28)18-11-14(21)8-9-16(18)22/h4-6,8-12,17H,2-3,7H2,1H3,(H,24,25,26)/b23-12-/t17-/m0/s1. The van der Waals surface area contributed by atoms with Gasteiger partial charge in [-0.05, 0) is 58.2 Å². The number of nitrogens with one attached hydrogen (secondary N) is 1. The van der Waals surface area contributed by atoms with Crippen molar-refractivity contribution in [3.63, 3.8) is 0 Å². The van der Waals surface area contributed by atoms with Gasteiger partial charge in [-0.25, -0.2) is 0 Å². The minimum absolute atomic E-state index is 0.0129. The lowest BCUT2D eigenvalue weighted by Gasteiger charge is -2.09. The molecule has 11 heteroatoms. The van der Waals surface area contributed by atoms with Crippen molar-refractivity contribution in [3.8, 4) is 5.75 Å². The smallest absolute Gasteiger partial charge is 0.340 e. The number of thioether (sulfide) groups is 1. The second kappa shape index (κ2) is 10.8. The SMILES string of the molecule is CCCC[C@@H]1S/C(=N\N=C/c2cccc(OS(=O)(=O)c3cc(Br)ccc3Br)c2)NC1=O. The third kappa shape index (κ3) is 6.64. The monoisotopic (exact) mass is 587 g/mol. The topological polar surface area (TPSA) is 97.2 Å². The van der Waals surface area contributed by atoms with Crippen LogP contribution in [0.3, 0.4) is 0 Å². The quantitative estimate of drug-likeness (QED) is 0.263. The highest BCUT2D eigenvalue weighted by atomic mass is 79.9. The van der Waals surface area contributed by atoms with Crippen LogP contribution >= 0.6 is 43.6 Å². The van der Waals surface area contributed by atoms with E-state index < -0.39 is 10.1 Å². The Morgan fingerprint density at radius 2 is 2.03 bits per heavy atom. The summed E-state index contributed by atoms with van der Waals surface area (Å²) in [6, 6.07) is 11.3. The molecule has 0 aliphatic carbocycles. The van der Waals surface area contributed by atoms with Crippen molar-refractivity contribution in [2.24, 2.45) is 10.2 Å². The van der Waals surface area contributed by atoms with Crippen molar-refractivity contribution in [1.82, 2.24) is 5.32 Å². The van der Waals surface area contributed by atoms with Gasteiger partial charge in [0.15, 0.2) is 5.17 Å². The zero-order valence-corrected chi connectivity index (χ0v) is 21.2. The van der Waals surface area contributed by atoms with Crippen LogP contribution in [0.2, 0.25) is 0 Å². The molecule has 7 nitrogen and oxygen atoms in total. The fourth-order valence-corrected chi connectivity index (χ4v) is 6.02. The van der Waals surface area contributed by atoms with Crippen molar-refractivity contribution in [1.29, 1.82) is 0 Å². The van der Waals surface area contributed by atoms with E-state index in [1.807, 2.05) is 0 Å². The molecule has 0 saturated carbocycles. The normalized spacial score (nSPS) is 18.0. The number of rotatable bonds is 8. The first-order chi connectivity index (χ1) is 14.8. The van der Waals surface area contributed by atoms with Crippen LogP contribution in [0.15, 0.2) is 66.5 Å². The Balaban J connectivity index is 1.69. The number of halogens is 2. The molecule has 1 heterocycles. The molecule has 2 aromatic rings. The number of carbonyl (C=O) groups is 1. The second-order valence-corrected chi connectivity index (χ2v) is 11.0. The van der Waals surface area contributed by atoms with Gasteiger partial charge in [-0.3, -0.25) is 4.79 Å². The summed E-state index contributed by atoms with van der Waals surface area (Å²) in [5.74, 6) is 0.0957. The number of carbonyl (C=O) groups excluding carboxylic acids is 1. The van der Waals surface area contributed by atoms with Crippen LogP contribution < -0.4 is 9.50 Å². The average molecular weight is 589 g/mol. The summed E-state index contributed by atoms with van der Waals surface area (Å²) in [6.45, 7) is 2.08. The average Bonchev–Trinajstić information content (AvgIpc) is 3.07. The van der Waals surface area contributed by atoms with E-state index >= 15 is 0 Å². The van der Waals surface area contributed by atoms with Crippen molar-refractivity contribution >= 4 is 71.0 Å². The number of hydrogen-bond acceptors (Lipinski definition) is 7. The van der Waals surface area contributed by atoms with Crippen LogP contribution in [0, 0.1) is 0 Å². The van der Waals surface area contributed by atoms with E-state index in [9.17, 15) is 13.2 Å². The lowest BCUT2D eigenvalue weighted by molar-refractivity contribution is -0.118. The molecule has 1 saturated heterocycles. The van der Waals surface area contributed by atoms with Gasteiger partial charge in [-0.1, -0.05) is 59.6 Å². The summed E-state index contributed by atoms with van der Waals surface area (Å²) in [5, 5.41) is 11.1. The Morgan fingerprint density at radius 1 is 1.23 bits per heavy atom. The molecule has 0 radical (unpaired) electrons. The summed E-state index contributed by atoms with van der Waals surface area (Å²) < 4.78 is 31.6. The van der Waals surface area contributed by atoms with Crippen LogP contribution in [0.5, 0.6) is 5.75 Å². The molecule has 0 bridgehead atoms. The molecule has 0 unspecified atom stereocenters. The molecule has 1 aliphatic heterocycles. The van der Waals surface area contributed by atoms with Gasteiger partial charge >= 0.3 is 10.1 Å². The lowest BCUT2D eigenvalue weighted by atomic mass is 10.2. The third-order valence-corrected chi connectivity index (χ3v) is 8.06. The molecule has 2 aromatic carbocycles. The highest BCUT2D eigenvalue weighted by Crippen LogP contribution is 2.28. The summed E-state index contributed by atoms with van der Waals surface area (Å²) >= 11 is 7.87. The zero-order valence-electron chi connectivity index (χ0n) is 16.4. The van der Waals surface area contributed by atoms with Crippen LogP contribution in [0.1, 0.15) is 31.7 Å². The number of nitrogens with zero attached hydrogens (tertiary/aromatic N) is 2. The van der Waals surface area contributed by atoms with Crippen molar-refractivity contribution in [2.45, 2.75) is 36.3 Å². The maximum atomic E-state index is 12.6. The van der Waals surface area contributed by atoms with E-state index in [0.29, 0.717) is 19.7 Å². The molecule has 1 aliphatic rings. The zero-order chi connectivity index (χ0) is 22.4. The van der Waals surface area contributed by atoms with Crippen LogP contribution in [0.4, 0.5) is 0 Å².